The van der Waals surface area contributed by atoms with Crippen LogP contribution in [-0.2, 0) is 10.8 Å². The number of rotatable bonds is 10. The maximum Gasteiger partial charge on any atom is 0.335 e. The highest BCUT2D eigenvalue weighted by Gasteiger charge is 2.26. The van der Waals surface area contributed by atoms with Crippen LogP contribution in [0.25, 0.3) is 0 Å². The topological polar surface area (TPSA) is 93.1 Å². The van der Waals surface area contributed by atoms with Crippen LogP contribution in [0.1, 0.15) is 70.7 Å². The Hall–Kier alpha value is -5.36. The van der Waals surface area contributed by atoms with Gasteiger partial charge in [-0.3, -0.25) is 0 Å². The summed E-state index contributed by atoms with van der Waals surface area (Å²) in [5.74, 6) is 0.576. The fourth-order valence-corrected chi connectivity index (χ4v) is 5.12. The SMILES string of the molecule is CC(C)(c1ccc(Oc2ccc(C(=O)O)cc2)cc1)c1ccc(C(C)(C)c2ccc(Oc3ccc(C(=O)O)cc3)cc2)cc1. The molecule has 222 valence electrons. The third kappa shape index (κ3) is 6.50. The fourth-order valence-electron chi connectivity index (χ4n) is 5.12. The van der Waals surface area contributed by atoms with Crippen LogP contribution in [0.15, 0.2) is 121 Å². The molecule has 6 heteroatoms. The molecule has 5 rings (SSSR count). The van der Waals surface area contributed by atoms with Crippen LogP contribution in [0, 0.1) is 0 Å². The van der Waals surface area contributed by atoms with Crippen molar-refractivity contribution in [1.82, 2.24) is 0 Å². The number of carboxylic acid groups (broad SMARTS) is 2. The van der Waals surface area contributed by atoms with Gasteiger partial charge in [0, 0.05) is 10.8 Å². The van der Waals surface area contributed by atoms with Gasteiger partial charge in [0.25, 0.3) is 0 Å². The molecule has 0 heterocycles. The largest absolute Gasteiger partial charge is 0.478 e. The summed E-state index contributed by atoms with van der Waals surface area (Å²) in [6.07, 6.45) is 0. The first-order valence-corrected chi connectivity index (χ1v) is 14.3. The number of hydrogen-bond acceptors (Lipinski definition) is 4. The zero-order valence-corrected chi connectivity index (χ0v) is 25.1. The number of carbonyl (C=O) groups is 2. The van der Waals surface area contributed by atoms with Gasteiger partial charge in [-0.1, -0.05) is 76.2 Å². The average Bonchev–Trinajstić information content (AvgIpc) is 3.02. The second-order valence-electron chi connectivity index (χ2n) is 11.7. The maximum atomic E-state index is 11.1. The van der Waals surface area contributed by atoms with E-state index in [0.717, 1.165) is 11.1 Å². The van der Waals surface area contributed by atoms with Gasteiger partial charge in [-0.05, 0) is 95.1 Å². The Morgan fingerprint density at radius 3 is 0.841 bits per heavy atom. The molecule has 2 N–H and O–H groups in total. The lowest BCUT2D eigenvalue weighted by atomic mass is 9.74. The molecule has 6 nitrogen and oxygen atoms in total. The lowest BCUT2D eigenvalue weighted by Gasteiger charge is -2.29. The molecule has 5 aromatic rings. The second-order valence-corrected chi connectivity index (χ2v) is 11.7. The molecule has 0 radical (unpaired) electrons. The van der Waals surface area contributed by atoms with E-state index in [-0.39, 0.29) is 22.0 Å². The number of hydrogen-bond donors (Lipinski definition) is 2. The highest BCUT2D eigenvalue weighted by Crippen LogP contribution is 2.37. The minimum absolute atomic E-state index is 0.218. The van der Waals surface area contributed by atoms with Crippen molar-refractivity contribution in [3.8, 4) is 23.0 Å². The van der Waals surface area contributed by atoms with E-state index in [9.17, 15) is 9.59 Å². The Labute approximate surface area is 257 Å². The molecule has 44 heavy (non-hydrogen) atoms. The second kappa shape index (κ2) is 12.1. The first-order chi connectivity index (χ1) is 20.9. The molecule has 0 aliphatic carbocycles. The fraction of sp³-hybridized carbons (Fsp3) is 0.158. The van der Waals surface area contributed by atoms with Crippen molar-refractivity contribution in [2.75, 3.05) is 0 Å². The number of carboxylic acids is 2. The van der Waals surface area contributed by atoms with Gasteiger partial charge >= 0.3 is 11.9 Å². The van der Waals surface area contributed by atoms with Gasteiger partial charge in [0.05, 0.1) is 11.1 Å². The van der Waals surface area contributed by atoms with Gasteiger partial charge in [0.15, 0.2) is 0 Å². The van der Waals surface area contributed by atoms with Crippen LogP contribution in [0.5, 0.6) is 23.0 Å². The first-order valence-electron chi connectivity index (χ1n) is 14.3. The third-order valence-electron chi connectivity index (χ3n) is 8.15. The maximum absolute atomic E-state index is 11.1. The van der Waals surface area contributed by atoms with Crippen LogP contribution in [0.2, 0.25) is 0 Å². The molecule has 0 unspecified atom stereocenters. The normalized spacial score (nSPS) is 11.5. The minimum Gasteiger partial charge on any atom is -0.478 e. The molecule has 0 bridgehead atoms. The predicted molar refractivity (Wildman–Crippen MR) is 171 cm³/mol. The van der Waals surface area contributed by atoms with Gasteiger partial charge in [-0.2, -0.15) is 0 Å². The number of ether oxygens (including phenoxy) is 2. The lowest BCUT2D eigenvalue weighted by Crippen LogP contribution is -2.21. The first kappa shape index (κ1) is 30.1. The minimum atomic E-state index is -0.968. The van der Waals surface area contributed by atoms with Crippen LogP contribution in [-0.4, -0.2) is 22.2 Å². The zero-order chi connectivity index (χ0) is 31.5. The van der Waals surface area contributed by atoms with Crippen molar-refractivity contribution in [3.63, 3.8) is 0 Å². The van der Waals surface area contributed by atoms with E-state index in [1.165, 1.54) is 35.4 Å². The summed E-state index contributed by atoms with van der Waals surface area (Å²) in [4.78, 5) is 22.2. The summed E-state index contributed by atoms with van der Waals surface area (Å²) in [7, 11) is 0. The Bertz CT molecular complexity index is 1610. The molecule has 0 aliphatic rings. The van der Waals surface area contributed by atoms with Gasteiger partial charge in [-0.25, -0.2) is 9.59 Å². The molecule has 0 amide bonds. The van der Waals surface area contributed by atoms with Crippen molar-refractivity contribution < 1.29 is 29.3 Å². The Morgan fingerprint density at radius 1 is 0.409 bits per heavy atom. The van der Waals surface area contributed by atoms with E-state index in [2.05, 4.69) is 76.2 Å². The summed E-state index contributed by atoms with van der Waals surface area (Å²) >= 11 is 0. The summed E-state index contributed by atoms with van der Waals surface area (Å²) in [5, 5.41) is 18.2. The molecule has 0 aromatic heterocycles. The van der Waals surface area contributed by atoms with Crippen molar-refractivity contribution in [2.24, 2.45) is 0 Å². The highest BCUT2D eigenvalue weighted by molar-refractivity contribution is 5.88. The predicted octanol–water partition coefficient (Wildman–Crippen LogP) is 9.32. The molecule has 5 aromatic carbocycles. The van der Waals surface area contributed by atoms with Crippen molar-refractivity contribution in [1.29, 1.82) is 0 Å². The molecule has 0 saturated heterocycles. The van der Waals surface area contributed by atoms with Crippen molar-refractivity contribution in [3.05, 3.63) is 155 Å². The summed E-state index contributed by atoms with van der Waals surface area (Å²) in [6.45, 7) is 8.78. The standard InChI is InChI=1S/C38H34O6/c1-37(2,29-13-21-33(22-14-29)43-31-17-5-25(6-18-31)35(39)40)27-9-11-28(12-10-27)38(3,4)30-15-23-34(24-16-30)44-32-19-7-26(8-20-32)36(41)42/h5-24H,1-4H3,(H,39,40)(H,41,42). The van der Waals surface area contributed by atoms with Crippen molar-refractivity contribution >= 4 is 11.9 Å². The van der Waals surface area contributed by atoms with Gasteiger partial charge < -0.3 is 19.7 Å². The molecular formula is C38H34O6. The quantitative estimate of drug-likeness (QED) is 0.169. The molecule has 0 saturated carbocycles. The number of benzene rings is 5. The van der Waals surface area contributed by atoms with E-state index in [1.54, 1.807) is 24.3 Å². The average molecular weight is 587 g/mol. The van der Waals surface area contributed by atoms with Gasteiger partial charge in [0.2, 0.25) is 0 Å². The third-order valence-corrected chi connectivity index (χ3v) is 8.15. The smallest absolute Gasteiger partial charge is 0.335 e. The van der Waals surface area contributed by atoms with Crippen LogP contribution in [0.4, 0.5) is 0 Å². The van der Waals surface area contributed by atoms with E-state index in [1.807, 2.05) is 24.3 Å². The summed E-state index contributed by atoms with van der Waals surface area (Å²) < 4.78 is 11.8. The van der Waals surface area contributed by atoms with Gasteiger partial charge in [0.1, 0.15) is 23.0 Å². The van der Waals surface area contributed by atoms with Crippen LogP contribution < -0.4 is 9.47 Å². The van der Waals surface area contributed by atoms with E-state index < -0.39 is 11.9 Å². The number of aromatic carboxylic acids is 2. The Kier molecular flexibility index (Phi) is 8.28. The highest BCUT2D eigenvalue weighted by atomic mass is 16.5. The lowest BCUT2D eigenvalue weighted by molar-refractivity contribution is 0.0686. The summed E-state index contributed by atoms with van der Waals surface area (Å²) in [6, 6.07) is 37.4. The molecule has 0 aliphatic heterocycles. The molecule has 0 spiro atoms. The van der Waals surface area contributed by atoms with Crippen LogP contribution in [0.3, 0.4) is 0 Å². The molecular weight excluding hydrogens is 552 g/mol. The van der Waals surface area contributed by atoms with E-state index in [0.29, 0.717) is 23.0 Å². The van der Waals surface area contributed by atoms with E-state index in [4.69, 9.17) is 19.7 Å². The van der Waals surface area contributed by atoms with E-state index >= 15 is 0 Å². The zero-order valence-electron chi connectivity index (χ0n) is 25.1. The van der Waals surface area contributed by atoms with Crippen LogP contribution >= 0.6 is 0 Å². The molecule has 0 fully saturated rings. The van der Waals surface area contributed by atoms with Crippen molar-refractivity contribution in [2.45, 2.75) is 38.5 Å². The van der Waals surface area contributed by atoms with Gasteiger partial charge in [-0.15, -0.1) is 0 Å². The molecule has 0 atom stereocenters. The Morgan fingerprint density at radius 2 is 0.614 bits per heavy atom. The monoisotopic (exact) mass is 586 g/mol. The Balaban J connectivity index is 1.26. The summed E-state index contributed by atoms with van der Waals surface area (Å²) in [5.41, 5.74) is 4.61.